The lowest BCUT2D eigenvalue weighted by Gasteiger charge is -2.27. The number of carbonyl (C=O) groups is 5. The van der Waals surface area contributed by atoms with Gasteiger partial charge in [0.25, 0.3) is 0 Å². The van der Waals surface area contributed by atoms with Gasteiger partial charge in [0.2, 0.25) is 23.5 Å². The van der Waals surface area contributed by atoms with Crippen molar-refractivity contribution in [2.45, 2.75) is 71.7 Å². The van der Waals surface area contributed by atoms with E-state index in [-0.39, 0.29) is 48.0 Å². The summed E-state index contributed by atoms with van der Waals surface area (Å²) in [6.07, 6.45) is 0.186. The monoisotopic (exact) mass is 635 g/mol. The first-order valence-electron chi connectivity index (χ1n) is 15.3. The minimum atomic E-state index is -1.02. The van der Waals surface area contributed by atoms with Crippen molar-refractivity contribution in [3.8, 4) is 0 Å². The summed E-state index contributed by atoms with van der Waals surface area (Å²) in [4.78, 5) is 70.4. The number of fused-ring (bicyclic) bond motifs is 1. The van der Waals surface area contributed by atoms with Crippen LogP contribution in [0.15, 0.2) is 54.6 Å². The molecule has 0 unspecified atom stereocenters. The van der Waals surface area contributed by atoms with E-state index < -0.39 is 42.0 Å². The normalized spacial score (nSPS) is 16.6. The Balaban J connectivity index is 1.48. The van der Waals surface area contributed by atoms with Crippen LogP contribution in [-0.2, 0) is 25.7 Å². The van der Waals surface area contributed by atoms with Crippen molar-refractivity contribution in [2.24, 2.45) is 17.8 Å². The molecule has 1 aromatic heterocycles. The lowest BCUT2D eigenvalue weighted by molar-refractivity contribution is -0.131. The molecule has 4 N–H and O–H groups in total. The number of thiazole rings is 1. The van der Waals surface area contributed by atoms with Crippen LogP contribution in [0.4, 0.5) is 4.79 Å². The first-order valence-corrected chi connectivity index (χ1v) is 16.1. The van der Waals surface area contributed by atoms with Gasteiger partial charge in [0.1, 0.15) is 18.7 Å². The number of hydrogen-bond acceptors (Lipinski definition) is 8. The lowest BCUT2D eigenvalue weighted by atomic mass is 9.94. The summed E-state index contributed by atoms with van der Waals surface area (Å²) in [6.45, 7) is 7.93. The second-order valence-corrected chi connectivity index (χ2v) is 13.1. The van der Waals surface area contributed by atoms with Crippen molar-refractivity contribution in [1.82, 2.24) is 26.3 Å². The molecular formula is C33H41N5O6S. The van der Waals surface area contributed by atoms with Crippen molar-refractivity contribution in [2.75, 3.05) is 6.54 Å². The largest absolute Gasteiger partial charge is 0.445 e. The summed E-state index contributed by atoms with van der Waals surface area (Å²) in [5, 5.41) is 11.3. The van der Waals surface area contributed by atoms with Crippen LogP contribution in [0.25, 0.3) is 10.2 Å². The molecule has 240 valence electrons. The quantitative estimate of drug-likeness (QED) is 0.195. The third-order valence-electron chi connectivity index (χ3n) is 7.60. The zero-order valence-corrected chi connectivity index (χ0v) is 26.8. The van der Waals surface area contributed by atoms with Gasteiger partial charge >= 0.3 is 6.09 Å². The highest BCUT2D eigenvalue weighted by Gasteiger charge is 2.36. The van der Waals surface area contributed by atoms with Crippen molar-refractivity contribution >= 4 is 51.2 Å². The summed E-state index contributed by atoms with van der Waals surface area (Å²) < 4.78 is 6.14. The van der Waals surface area contributed by atoms with Crippen LogP contribution in [0.2, 0.25) is 0 Å². The molecule has 12 heteroatoms. The molecule has 1 aliphatic rings. The van der Waals surface area contributed by atoms with E-state index in [0.29, 0.717) is 18.5 Å². The summed E-state index contributed by atoms with van der Waals surface area (Å²) in [5.74, 6) is -2.39. The number of aromatic nitrogens is 1. The number of hydrogen-bond donors (Lipinski definition) is 4. The minimum absolute atomic E-state index is 0.0152. The highest BCUT2D eigenvalue weighted by Crippen LogP contribution is 2.25. The Labute approximate surface area is 266 Å². The fraction of sp³-hybridized carbons (Fsp3) is 0.455. The average Bonchev–Trinajstić information content (AvgIpc) is 3.63. The molecule has 45 heavy (non-hydrogen) atoms. The number of para-hydroxylation sites is 1. The lowest BCUT2D eigenvalue weighted by Crippen LogP contribution is -2.57. The fourth-order valence-corrected chi connectivity index (χ4v) is 6.14. The van der Waals surface area contributed by atoms with Crippen molar-refractivity contribution in [3.05, 3.63) is 65.2 Å². The molecular weight excluding hydrogens is 594 g/mol. The number of ketones is 1. The van der Waals surface area contributed by atoms with Gasteiger partial charge in [-0.15, -0.1) is 11.3 Å². The zero-order chi connectivity index (χ0) is 32.5. The standard InChI is InChI=1S/C33H41N5O6S/c1-19(2)16-25(36-31(42)27(20(3)4)38-33(43)44-18-21-10-6-5-7-11-21)30(41)35-24(17-22-14-15-34-29(22)40)28(39)32-37-23-12-8-9-13-26(23)45-32/h5-13,19-20,22,24-25,27H,14-18H2,1-4H3,(H,34,40)(H,35,41)(H,36,42)(H,38,43)/t22-,24-,25+,27-/m0/s1. The summed E-state index contributed by atoms with van der Waals surface area (Å²) >= 11 is 1.23. The third kappa shape index (κ3) is 9.34. The molecule has 0 spiro atoms. The smallest absolute Gasteiger partial charge is 0.408 e. The maximum absolute atomic E-state index is 13.8. The van der Waals surface area contributed by atoms with Crippen molar-refractivity contribution < 1.29 is 28.7 Å². The molecule has 0 radical (unpaired) electrons. The van der Waals surface area contributed by atoms with Crippen LogP contribution in [0.1, 0.15) is 62.3 Å². The summed E-state index contributed by atoms with van der Waals surface area (Å²) in [7, 11) is 0. The molecule has 0 saturated carbocycles. The number of alkyl carbamates (subject to hydrolysis) is 1. The summed E-state index contributed by atoms with van der Waals surface area (Å²) in [6, 6.07) is 13.5. The number of amides is 4. The number of nitrogens with zero attached hydrogens (tertiary/aromatic N) is 1. The molecule has 4 atom stereocenters. The second kappa shape index (κ2) is 15.6. The molecule has 3 aromatic rings. The Morgan fingerprint density at radius 2 is 1.62 bits per heavy atom. The molecule has 11 nitrogen and oxygen atoms in total. The van der Waals surface area contributed by atoms with Gasteiger partial charge in [-0.1, -0.05) is 70.2 Å². The number of rotatable bonds is 14. The second-order valence-electron chi connectivity index (χ2n) is 12.0. The van der Waals surface area contributed by atoms with Crippen molar-refractivity contribution in [3.63, 3.8) is 0 Å². The predicted molar refractivity (Wildman–Crippen MR) is 171 cm³/mol. The Morgan fingerprint density at radius 3 is 2.27 bits per heavy atom. The Hall–Kier alpha value is -4.32. The van der Waals surface area contributed by atoms with E-state index in [0.717, 1.165) is 10.3 Å². The van der Waals surface area contributed by atoms with Gasteiger partial charge in [-0.25, -0.2) is 9.78 Å². The first-order chi connectivity index (χ1) is 21.5. The Morgan fingerprint density at radius 1 is 0.933 bits per heavy atom. The van der Waals surface area contributed by atoms with Gasteiger partial charge in [0.15, 0.2) is 5.01 Å². The molecule has 2 aromatic carbocycles. The number of benzene rings is 2. The molecule has 1 saturated heterocycles. The number of carbonyl (C=O) groups excluding carboxylic acids is 5. The Bertz CT molecular complexity index is 1470. The van der Waals surface area contributed by atoms with E-state index in [1.165, 1.54) is 11.3 Å². The van der Waals surface area contributed by atoms with E-state index in [1.54, 1.807) is 13.8 Å². The van der Waals surface area contributed by atoms with Gasteiger partial charge < -0.3 is 26.0 Å². The number of Topliss-reactive ketones (excluding diaryl/α,β-unsaturated/α-hetero) is 1. The van der Waals surface area contributed by atoms with E-state index in [9.17, 15) is 24.0 Å². The van der Waals surface area contributed by atoms with E-state index in [4.69, 9.17) is 4.74 Å². The van der Waals surface area contributed by atoms with Crippen LogP contribution < -0.4 is 21.3 Å². The fourth-order valence-electron chi connectivity index (χ4n) is 5.18. The highest BCUT2D eigenvalue weighted by molar-refractivity contribution is 7.20. The predicted octanol–water partition coefficient (Wildman–Crippen LogP) is 3.97. The molecule has 1 fully saturated rings. The molecule has 4 amide bonds. The van der Waals surface area contributed by atoms with E-state index in [2.05, 4.69) is 26.3 Å². The van der Waals surface area contributed by atoms with Gasteiger partial charge in [-0.2, -0.15) is 0 Å². The van der Waals surface area contributed by atoms with Crippen LogP contribution in [-0.4, -0.2) is 59.3 Å². The van der Waals surface area contributed by atoms with Crippen LogP contribution >= 0.6 is 11.3 Å². The topological polar surface area (TPSA) is 156 Å². The maximum Gasteiger partial charge on any atom is 0.408 e. The molecule has 4 rings (SSSR count). The maximum atomic E-state index is 13.8. The van der Waals surface area contributed by atoms with Gasteiger partial charge in [0.05, 0.1) is 16.3 Å². The molecule has 0 aliphatic carbocycles. The van der Waals surface area contributed by atoms with Crippen LogP contribution in [0.5, 0.6) is 0 Å². The molecule has 1 aliphatic heterocycles. The van der Waals surface area contributed by atoms with Crippen LogP contribution in [0, 0.1) is 17.8 Å². The van der Waals surface area contributed by atoms with Crippen molar-refractivity contribution in [1.29, 1.82) is 0 Å². The SMILES string of the molecule is CC(C)C[C@@H](NC(=O)[C@@H](NC(=O)OCc1ccccc1)C(C)C)C(=O)N[C@@H](C[C@@H]1CCNC1=O)C(=O)c1nc2ccccc2s1. The van der Waals surface area contributed by atoms with Gasteiger partial charge in [-0.3, -0.25) is 19.2 Å². The van der Waals surface area contributed by atoms with E-state index >= 15 is 0 Å². The first kappa shape index (κ1) is 33.6. The van der Waals surface area contributed by atoms with Crippen LogP contribution in [0.3, 0.4) is 0 Å². The summed E-state index contributed by atoms with van der Waals surface area (Å²) in [5.41, 5.74) is 1.48. The number of ether oxygens (including phenoxy) is 1. The van der Waals surface area contributed by atoms with Gasteiger partial charge in [0, 0.05) is 12.5 Å². The zero-order valence-electron chi connectivity index (χ0n) is 26.0. The minimum Gasteiger partial charge on any atom is -0.445 e. The number of nitrogens with one attached hydrogen (secondary N) is 4. The third-order valence-corrected chi connectivity index (χ3v) is 8.65. The highest BCUT2D eigenvalue weighted by atomic mass is 32.1. The average molecular weight is 636 g/mol. The van der Waals surface area contributed by atoms with Gasteiger partial charge in [-0.05, 0) is 48.8 Å². The Kier molecular flexibility index (Phi) is 11.6. The van der Waals surface area contributed by atoms with E-state index in [1.807, 2.05) is 68.4 Å². The molecule has 0 bridgehead atoms. The molecule has 2 heterocycles.